The third kappa shape index (κ3) is 4.18. The lowest BCUT2D eigenvalue weighted by molar-refractivity contribution is -0.894. The molecule has 4 N–H and O–H groups in total. The van der Waals surface area contributed by atoms with Gasteiger partial charge in [-0.05, 0) is 5.56 Å². The van der Waals surface area contributed by atoms with E-state index in [4.69, 9.17) is 33.7 Å². The summed E-state index contributed by atoms with van der Waals surface area (Å²) in [4.78, 5) is 48.5. The molecule has 12 heteroatoms. The van der Waals surface area contributed by atoms with Crippen LogP contribution >= 0.6 is 35.0 Å². The molecule has 0 bridgehead atoms. The molecule has 1 aromatic carbocycles. The summed E-state index contributed by atoms with van der Waals surface area (Å²) in [6.45, 7) is 0.849. The van der Waals surface area contributed by atoms with Gasteiger partial charge in [-0.3, -0.25) is 9.59 Å². The highest BCUT2D eigenvalue weighted by Crippen LogP contribution is 2.52. The highest BCUT2D eigenvalue weighted by atomic mass is 35.5. The Morgan fingerprint density at radius 2 is 1.97 bits per heavy atom. The number of alkyl halides is 2. The number of nitrogens with one attached hydrogen (secondary N) is 1. The lowest BCUT2D eigenvalue weighted by Gasteiger charge is -2.53. The number of ether oxygens (including phenoxy) is 1. The van der Waals surface area contributed by atoms with Gasteiger partial charge in [0.05, 0.1) is 0 Å². The second-order valence-electron chi connectivity index (χ2n) is 7.02. The number of fused-ring (bicyclic) bond motifs is 1. The molecule has 1 aromatic rings. The third-order valence-electron chi connectivity index (χ3n) is 5.09. The normalized spacial score (nSPS) is 26.0. The molecule has 1 saturated heterocycles. The van der Waals surface area contributed by atoms with Crippen molar-refractivity contribution >= 4 is 58.7 Å². The van der Waals surface area contributed by atoms with E-state index in [1.807, 2.05) is 0 Å². The largest absolute Gasteiger partial charge is 0.474 e. The van der Waals surface area contributed by atoms with E-state index in [-0.39, 0.29) is 17.9 Å². The molecule has 2 aliphatic heterocycles. The molecule has 31 heavy (non-hydrogen) atoms. The number of aliphatic carboxylic acids is 1. The Bertz CT molecular complexity index is 957. The van der Waals surface area contributed by atoms with Gasteiger partial charge in [-0.15, -0.1) is 27.8 Å². The van der Waals surface area contributed by atoms with Crippen LogP contribution in [0.25, 0.3) is 0 Å². The summed E-state index contributed by atoms with van der Waals surface area (Å²) >= 11 is 13.1. The smallest absolute Gasteiger partial charge is 0.393 e. The molecule has 4 atom stereocenters. The average molecular weight is 489 g/mol. The minimum Gasteiger partial charge on any atom is -0.474 e. The van der Waals surface area contributed by atoms with Crippen LogP contribution in [0, 0.1) is 5.92 Å². The van der Waals surface area contributed by atoms with Crippen LogP contribution in [-0.2, 0) is 23.9 Å². The first-order valence-electron chi connectivity index (χ1n) is 9.16. The molecule has 0 aliphatic carbocycles. The van der Waals surface area contributed by atoms with Gasteiger partial charge in [-0.25, -0.2) is 9.59 Å². The van der Waals surface area contributed by atoms with E-state index in [1.54, 1.807) is 30.3 Å². The Morgan fingerprint density at radius 3 is 2.52 bits per heavy atom. The number of thioether (sulfide) groups is 1. The summed E-state index contributed by atoms with van der Waals surface area (Å²) < 4.78 is 3.96. The maximum atomic E-state index is 13.2. The van der Waals surface area contributed by atoms with Gasteiger partial charge in [0.25, 0.3) is 11.6 Å². The molecule has 2 amide bonds. The van der Waals surface area contributed by atoms with Crippen LogP contribution in [-0.4, -0.2) is 56.0 Å². The highest BCUT2D eigenvalue weighted by molar-refractivity contribution is 8.00. The topological polar surface area (TPSA) is 136 Å². The van der Waals surface area contributed by atoms with Crippen LogP contribution in [0.4, 0.5) is 0 Å². The van der Waals surface area contributed by atoms with Crippen LogP contribution in [0.5, 0.6) is 0 Å². The van der Waals surface area contributed by atoms with Crippen molar-refractivity contribution in [2.45, 2.75) is 23.2 Å². The van der Waals surface area contributed by atoms with E-state index in [0.717, 1.165) is 0 Å². The predicted octanol–water partition coefficient (Wildman–Crippen LogP) is 1.47. The number of esters is 1. The van der Waals surface area contributed by atoms with Crippen LogP contribution in [0.3, 0.4) is 0 Å². The highest BCUT2D eigenvalue weighted by Gasteiger charge is 2.73. The van der Waals surface area contributed by atoms with Gasteiger partial charge in [0.2, 0.25) is 0 Å². The molecular formula is C19H20Cl2N3O6S+. The zero-order valence-corrected chi connectivity index (χ0v) is 18.6. The standard InChI is InChI=1S/C19H19Cl2N3O6S/c1-9(25)30-7-11-8-31-18-12(15(20)21)17(27)24(18,14(11)19(28)29)23-16(26)13(22)10-5-3-2-4-6-10/h2-6,12-13,15,18H,7-8,22H2,1H3,(H-,23,26,28,29)/p+1/t12-,13?,18-,24?/m1/s1. The molecule has 0 aromatic heterocycles. The molecule has 2 heterocycles. The number of nitrogens with zero attached hydrogens (tertiary/aromatic N) is 1. The first-order chi connectivity index (χ1) is 14.6. The summed E-state index contributed by atoms with van der Waals surface area (Å²) in [5.41, 5.74) is 8.85. The summed E-state index contributed by atoms with van der Waals surface area (Å²) in [6, 6.07) is 7.28. The van der Waals surface area contributed by atoms with E-state index < -0.39 is 56.2 Å². The fraction of sp³-hybridized carbons (Fsp3) is 0.368. The Labute approximate surface area is 192 Å². The number of hydrogen-bond donors (Lipinski definition) is 3. The lowest BCUT2D eigenvalue weighted by atomic mass is 9.94. The number of carbonyl (C=O) groups is 4. The second-order valence-corrected chi connectivity index (χ2v) is 9.29. The number of carboxylic acids is 1. The maximum absolute atomic E-state index is 13.2. The van der Waals surface area contributed by atoms with Crippen molar-refractivity contribution in [3.05, 3.63) is 47.2 Å². The number of carbonyl (C=O) groups excluding carboxylic acids is 3. The van der Waals surface area contributed by atoms with Gasteiger partial charge in [0, 0.05) is 18.2 Å². The van der Waals surface area contributed by atoms with Crippen molar-refractivity contribution < 1.29 is 33.6 Å². The van der Waals surface area contributed by atoms with Crippen molar-refractivity contribution in [3.8, 4) is 0 Å². The number of nitrogens with two attached hydrogens (primary N) is 1. The van der Waals surface area contributed by atoms with E-state index in [2.05, 4.69) is 5.43 Å². The lowest BCUT2D eigenvalue weighted by Crippen LogP contribution is -2.82. The Balaban J connectivity index is 2.03. The number of amides is 2. The Hall–Kier alpha value is -2.11. The van der Waals surface area contributed by atoms with Gasteiger partial charge < -0.3 is 15.6 Å². The fourth-order valence-electron chi connectivity index (χ4n) is 3.66. The third-order valence-corrected chi connectivity index (χ3v) is 7.10. The van der Waals surface area contributed by atoms with Crippen molar-refractivity contribution in [3.63, 3.8) is 0 Å². The van der Waals surface area contributed by atoms with Gasteiger partial charge in [-0.2, -0.15) is 5.43 Å². The number of β-lactam (4-membered cyclic amide) rings is 1. The molecule has 2 unspecified atom stereocenters. The minimum atomic E-state index is -1.44. The van der Waals surface area contributed by atoms with Crippen LogP contribution in [0.1, 0.15) is 18.5 Å². The Kier molecular flexibility index (Phi) is 6.97. The van der Waals surface area contributed by atoms with Gasteiger partial charge >= 0.3 is 17.8 Å². The van der Waals surface area contributed by atoms with Crippen molar-refractivity contribution in [2.24, 2.45) is 11.7 Å². The number of benzene rings is 1. The zero-order chi connectivity index (χ0) is 22.9. The molecule has 0 saturated carbocycles. The molecule has 1 fully saturated rings. The number of hydrogen-bond acceptors (Lipinski definition) is 7. The SMILES string of the molecule is CC(=O)OCC1=C(C(=O)O)[N+]2(NC(=O)C(N)c3ccccc3)C(=O)[C@@H](C(Cl)Cl)[C@H]2SC1. The molecule has 3 rings (SSSR count). The number of halogens is 2. The second kappa shape index (κ2) is 9.17. The number of carboxylic acid groups (broad SMARTS) is 1. The van der Waals surface area contributed by atoms with E-state index in [9.17, 15) is 24.3 Å². The van der Waals surface area contributed by atoms with Crippen molar-refractivity contribution in [1.29, 1.82) is 0 Å². The fourth-order valence-corrected chi connectivity index (χ4v) is 5.88. The molecule has 0 spiro atoms. The number of rotatable bonds is 7. The van der Waals surface area contributed by atoms with Gasteiger partial charge in [0.15, 0.2) is 11.3 Å². The monoisotopic (exact) mass is 488 g/mol. The molecule has 0 radical (unpaired) electrons. The molecular weight excluding hydrogens is 469 g/mol. The summed E-state index contributed by atoms with van der Waals surface area (Å²) in [5.74, 6) is -4.22. The molecule has 2 aliphatic rings. The zero-order valence-electron chi connectivity index (χ0n) is 16.3. The minimum absolute atomic E-state index is 0.157. The Morgan fingerprint density at radius 1 is 1.32 bits per heavy atom. The average Bonchev–Trinajstić information content (AvgIpc) is 2.72. The van der Waals surface area contributed by atoms with Crippen LogP contribution in [0.2, 0.25) is 0 Å². The predicted molar refractivity (Wildman–Crippen MR) is 113 cm³/mol. The summed E-state index contributed by atoms with van der Waals surface area (Å²) in [7, 11) is 0. The molecule has 9 nitrogen and oxygen atoms in total. The van der Waals surface area contributed by atoms with Crippen LogP contribution in [0.15, 0.2) is 41.6 Å². The van der Waals surface area contributed by atoms with Crippen LogP contribution < -0.4 is 11.2 Å². The summed E-state index contributed by atoms with van der Waals surface area (Å²) in [6.07, 6.45) is 0. The van der Waals surface area contributed by atoms with Crippen molar-refractivity contribution in [1.82, 2.24) is 5.43 Å². The van der Waals surface area contributed by atoms with Crippen molar-refractivity contribution in [2.75, 3.05) is 12.4 Å². The summed E-state index contributed by atoms with van der Waals surface area (Å²) in [5, 5.41) is 9.18. The van der Waals surface area contributed by atoms with E-state index in [1.165, 1.54) is 18.7 Å². The van der Waals surface area contributed by atoms with E-state index >= 15 is 0 Å². The van der Waals surface area contributed by atoms with Gasteiger partial charge in [-0.1, -0.05) is 42.1 Å². The molecule has 166 valence electrons. The quantitative estimate of drug-likeness (QED) is 0.227. The van der Waals surface area contributed by atoms with Gasteiger partial charge in [0.1, 0.15) is 17.5 Å². The van der Waals surface area contributed by atoms with E-state index in [0.29, 0.717) is 5.56 Å². The first-order valence-corrected chi connectivity index (χ1v) is 11.1. The maximum Gasteiger partial charge on any atom is 0.393 e. The first kappa shape index (κ1) is 23.6. The number of quaternary nitrogens is 1.